The van der Waals surface area contributed by atoms with Gasteiger partial charge >= 0.3 is 0 Å². The Morgan fingerprint density at radius 1 is 1.33 bits per heavy atom. The fourth-order valence-electron chi connectivity index (χ4n) is 1.75. The summed E-state index contributed by atoms with van der Waals surface area (Å²) in [5.74, 6) is 0.0501. The molecular weight excluding hydrogens is 296 g/mol. The first-order chi connectivity index (χ1) is 10.1. The van der Waals surface area contributed by atoms with Crippen molar-refractivity contribution in [3.05, 3.63) is 28.8 Å². The molecule has 1 heterocycles. The highest BCUT2D eigenvalue weighted by atomic mass is 35.5. The molecule has 0 bridgehead atoms. The summed E-state index contributed by atoms with van der Waals surface area (Å²) < 4.78 is 11.1. The summed E-state index contributed by atoms with van der Waals surface area (Å²) in [5, 5.41) is 2.77. The van der Waals surface area contributed by atoms with Crippen molar-refractivity contribution in [2.75, 3.05) is 19.8 Å². The zero-order valence-electron chi connectivity index (χ0n) is 11.2. The van der Waals surface area contributed by atoms with Crippen LogP contribution in [0, 0.1) is 0 Å². The number of hydrogen-bond acceptors (Lipinski definition) is 4. The number of nitrogens with two attached hydrogens (primary N) is 1. The lowest BCUT2D eigenvalue weighted by Gasteiger charge is -2.09. The van der Waals surface area contributed by atoms with Crippen LogP contribution in [-0.2, 0) is 9.59 Å². The Labute approximate surface area is 126 Å². The van der Waals surface area contributed by atoms with E-state index in [1.54, 1.807) is 18.2 Å². The van der Waals surface area contributed by atoms with E-state index in [2.05, 4.69) is 5.32 Å². The molecule has 112 valence electrons. The Morgan fingerprint density at radius 3 is 2.86 bits per heavy atom. The van der Waals surface area contributed by atoms with Crippen molar-refractivity contribution in [3.8, 4) is 11.5 Å². The molecule has 2 amide bonds. The van der Waals surface area contributed by atoms with Gasteiger partial charge in [0.1, 0.15) is 0 Å². The van der Waals surface area contributed by atoms with E-state index in [0.717, 1.165) is 6.42 Å². The van der Waals surface area contributed by atoms with Crippen LogP contribution in [0.5, 0.6) is 11.5 Å². The third-order valence-corrected chi connectivity index (χ3v) is 2.97. The molecule has 21 heavy (non-hydrogen) atoms. The van der Waals surface area contributed by atoms with Crippen LogP contribution >= 0.6 is 11.6 Å². The average molecular weight is 311 g/mol. The van der Waals surface area contributed by atoms with E-state index in [4.69, 9.17) is 26.8 Å². The van der Waals surface area contributed by atoms with Crippen molar-refractivity contribution < 1.29 is 19.1 Å². The number of carbonyl (C=O) groups is 2. The minimum atomic E-state index is -0.602. The smallest absolute Gasteiger partial charge is 0.244 e. The van der Waals surface area contributed by atoms with Gasteiger partial charge in [-0.3, -0.25) is 9.59 Å². The summed E-state index contributed by atoms with van der Waals surface area (Å²) in [6.07, 6.45) is 3.64. The van der Waals surface area contributed by atoms with Gasteiger partial charge in [-0.05, 0) is 23.8 Å². The van der Waals surface area contributed by atoms with Crippen LogP contribution < -0.4 is 20.5 Å². The van der Waals surface area contributed by atoms with E-state index in [-0.39, 0.29) is 6.54 Å². The normalized spacial score (nSPS) is 13.8. The van der Waals surface area contributed by atoms with Crippen LogP contribution in [-0.4, -0.2) is 31.6 Å². The number of benzene rings is 1. The minimum absolute atomic E-state index is 0.203. The first kappa shape index (κ1) is 15.2. The fraction of sp³-hybridized carbons (Fsp3) is 0.286. The second-order valence-corrected chi connectivity index (χ2v) is 4.81. The molecular formula is C14H15ClN2O4. The van der Waals surface area contributed by atoms with Crippen LogP contribution in [0.3, 0.4) is 0 Å². The molecule has 0 saturated heterocycles. The third kappa shape index (κ3) is 4.39. The molecule has 2 rings (SSSR count). The van der Waals surface area contributed by atoms with Crippen molar-refractivity contribution in [1.29, 1.82) is 0 Å². The molecule has 0 radical (unpaired) electrons. The molecule has 0 aliphatic carbocycles. The van der Waals surface area contributed by atoms with E-state index in [1.165, 1.54) is 6.08 Å². The van der Waals surface area contributed by atoms with Gasteiger partial charge in [0, 0.05) is 12.5 Å². The van der Waals surface area contributed by atoms with Crippen LogP contribution in [0.15, 0.2) is 18.2 Å². The zero-order valence-corrected chi connectivity index (χ0v) is 12.0. The Morgan fingerprint density at radius 2 is 2.10 bits per heavy atom. The summed E-state index contributed by atoms with van der Waals surface area (Å²) in [7, 11) is 0. The first-order valence-electron chi connectivity index (χ1n) is 6.39. The molecule has 1 aliphatic heterocycles. The maximum Gasteiger partial charge on any atom is 0.244 e. The lowest BCUT2D eigenvalue weighted by Crippen LogP contribution is -2.32. The standard InChI is InChI=1S/C14H15ClN2O4/c15-10-6-9(2-3-13(19)17-8-12(16)18)7-11-14(10)21-5-1-4-20-11/h2-3,6-7H,1,4-5,8H2,(H2,16,18)(H,17,19)/b3-2+. The van der Waals surface area contributed by atoms with Crippen LogP contribution in [0.2, 0.25) is 5.02 Å². The molecule has 0 aromatic heterocycles. The van der Waals surface area contributed by atoms with Gasteiger partial charge in [0.15, 0.2) is 11.5 Å². The number of rotatable bonds is 4. The highest BCUT2D eigenvalue weighted by Crippen LogP contribution is 2.38. The minimum Gasteiger partial charge on any atom is -0.489 e. The second kappa shape index (κ2) is 6.99. The summed E-state index contributed by atoms with van der Waals surface area (Å²) in [6, 6.07) is 3.41. The number of ether oxygens (including phenoxy) is 2. The molecule has 0 spiro atoms. The number of nitrogens with one attached hydrogen (secondary N) is 1. The van der Waals surface area contributed by atoms with E-state index < -0.39 is 11.8 Å². The largest absolute Gasteiger partial charge is 0.489 e. The Kier molecular flexibility index (Phi) is 5.05. The van der Waals surface area contributed by atoms with Gasteiger partial charge in [0.05, 0.1) is 24.8 Å². The number of halogens is 1. The second-order valence-electron chi connectivity index (χ2n) is 4.40. The maximum atomic E-state index is 11.5. The molecule has 7 heteroatoms. The fourth-order valence-corrected chi connectivity index (χ4v) is 2.03. The van der Waals surface area contributed by atoms with Crippen molar-refractivity contribution in [3.63, 3.8) is 0 Å². The van der Waals surface area contributed by atoms with E-state index in [1.807, 2.05) is 0 Å². The lowest BCUT2D eigenvalue weighted by atomic mass is 10.2. The van der Waals surface area contributed by atoms with E-state index >= 15 is 0 Å². The Bertz CT molecular complexity index is 587. The summed E-state index contributed by atoms with van der Waals surface area (Å²) in [4.78, 5) is 22.0. The van der Waals surface area contributed by atoms with E-state index in [9.17, 15) is 9.59 Å². The summed E-state index contributed by atoms with van der Waals surface area (Å²) in [6.45, 7) is 0.901. The van der Waals surface area contributed by atoms with Gasteiger partial charge in [-0.1, -0.05) is 11.6 Å². The van der Waals surface area contributed by atoms with Gasteiger partial charge in [-0.25, -0.2) is 0 Å². The quantitative estimate of drug-likeness (QED) is 0.815. The monoisotopic (exact) mass is 310 g/mol. The molecule has 1 aromatic rings. The summed E-state index contributed by atoms with van der Waals surface area (Å²) in [5.41, 5.74) is 5.63. The molecule has 1 aliphatic rings. The van der Waals surface area contributed by atoms with Crippen molar-refractivity contribution in [2.45, 2.75) is 6.42 Å². The lowest BCUT2D eigenvalue weighted by molar-refractivity contribution is -0.122. The highest BCUT2D eigenvalue weighted by Gasteiger charge is 2.14. The van der Waals surface area contributed by atoms with Gasteiger partial charge in [0.2, 0.25) is 11.8 Å². The Hall–Kier alpha value is -2.21. The molecule has 1 aromatic carbocycles. The maximum absolute atomic E-state index is 11.5. The molecule has 3 N–H and O–H groups in total. The van der Waals surface area contributed by atoms with Crippen molar-refractivity contribution in [1.82, 2.24) is 5.32 Å². The van der Waals surface area contributed by atoms with Crippen LogP contribution in [0.4, 0.5) is 0 Å². The number of hydrogen-bond donors (Lipinski definition) is 2. The van der Waals surface area contributed by atoms with Gasteiger partial charge in [0.25, 0.3) is 0 Å². The highest BCUT2D eigenvalue weighted by molar-refractivity contribution is 6.32. The predicted molar refractivity (Wildman–Crippen MR) is 78.3 cm³/mol. The average Bonchev–Trinajstić information content (AvgIpc) is 2.68. The SMILES string of the molecule is NC(=O)CNC(=O)/C=C/c1cc(Cl)c2c(c1)OCCCO2. The predicted octanol–water partition coefficient (Wildman–Crippen LogP) is 1.12. The Balaban J connectivity index is 2.10. The summed E-state index contributed by atoms with van der Waals surface area (Å²) >= 11 is 6.14. The van der Waals surface area contributed by atoms with Crippen molar-refractivity contribution in [2.24, 2.45) is 5.73 Å². The molecule has 0 saturated carbocycles. The number of carbonyl (C=O) groups excluding carboxylic acids is 2. The van der Waals surface area contributed by atoms with Gasteiger partial charge in [-0.15, -0.1) is 0 Å². The molecule has 0 unspecified atom stereocenters. The molecule has 0 atom stereocenters. The van der Waals surface area contributed by atoms with E-state index in [0.29, 0.717) is 35.3 Å². The topological polar surface area (TPSA) is 90.7 Å². The molecule has 0 fully saturated rings. The number of fused-ring (bicyclic) bond motifs is 1. The van der Waals surface area contributed by atoms with Crippen LogP contribution in [0.1, 0.15) is 12.0 Å². The third-order valence-electron chi connectivity index (χ3n) is 2.69. The zero-order chi connectivity index (χ0) is 15.2. The molecule has 6 nitrogen and oxygen atoms in total. The number of amides is 2. The van der Waals surface area contributed by atoms with Crippen LogP contribution in [0.25, 0.3) is 6.08 Å². The van der Waals surface area contributed by atoms with Crippen molar-refractivity contribution >= 4 is 29.5 Å². The van der Waals surface area contributed by atoms with Gasteiger partial charge < -0.3 is 20.5 Å². The number of primary amides is 1. The van der Waals surface area contributed by atoms with Gasteiger partial charge in [-0.2, -0.15) is 0 Å². The first-order valence-corrected chi connectivity index (χ1v) is 6.77.